The summed E-state index contributed by atoms with van der Waals surface area (Å²) in [5, 5.41) is 6.62. The second-order valence-corrected chi connectivity index (χ2v) is 11.0. The lowest BCUT2D eigenvalue weighted by Gasteiger charge is -2.24. The van der Waals surface area contributed by atoms with Crippen LogP contribution in [0.15, 0.2) is 97.2 Å². The number of benzene rings is 4. The van der Waals surface area contributed by atoms with Gasteiger partial charge < -0.3 is 0 Å². The maximum absolute atomic E-state index is 4.79. The number of pyridine rings is 1. The van der Waals surface area contributed by atoms with Crippen molar-refractivity contribution in [2.75, 3.05) is 0 Å². The van der Waals surface area contributed by atoms with Crippen LogP contribution in [0.3, 0.4) is 0 Å². The van der Waals surface area contributed by atoms with E-state index in [0.717, 1.165) is 5.69 Å². The van der Waals surface area contributed by atoms with Crippen molar-refractivity contribution in [2.24, 2.45) is 0 Å². The fourth-order valence-electron chi connectivity index (χ4n) is 4.37. The number of rotatable bonds is 4. The Morgan fingerprint density at radius 1 is 0.576 bits per heavy atom. The predicted octanol–water partition coefficient (Wildman–Crippen LogP) is 6.89. The SMILES string of the molecule is Cc1ccc(C)c(P(c2cccc(-c3cc4ccccc4cn3)c2)c2cc(C)ccc2C)c1. The Labute approximate surface area is 197 Å². The van der Waals surface area contributed by atoms with Crippen LogP contribution in [0.5, 0.6) is 0 Å². The molecule has 1 heterocycles. The third kappa shape index (κ3) is 4.34. The molecule has 4 aromatic carbocycles. The van der Waals surface area contributed by atoms with Crippen LogP contribution in [0.2, 0.25) is 0 Å². The Bertz CT molecular complexity index is 1420. The molecule has 0 saturated heterocycles. The van der Waals surface area contributed by atoms with Gasteiger partial charge in [-0.05, 0) is 80.2 Å². The Kier molecular flexibility index (Phi) is 5.83. The summed E-state index contributed by atoms with van der Waals surface area (Å²) in [5.41, 5.74) is 7.50. The standard InChI is InChI=1S/C31H28NP/c1-21-12-14-23(3)30(16-21)33(31-17-22(2)13-15-24(31)4)28-11-7-10-26(18-28)29-19-25-8-5-6-9-27(25)20-32-29/h5-20H,1-4H3. The van der Waals surface area contributed by atoms with Crippen molar-refractivity contribution in [1.29, 1.82) is 0 Å². The third-order valence-corrected chi connectivity index (χ3v) is 8.96. The summed E-state index contributed by atoms with van der Waals surface area (Å²) in [6.45, 7) is 8.86. The lowest BCUT2D eigenvalue weighted by atomic mass is 10.1. The number of fused-ring (bicyclic) bond motifs is 1. The first-order valence-electron chi connectivity index (χ1n) is 11.4. The molecule has 0 saturated carbocycles. The van der Waals surface area contributed by atoms with E-state index in [0.29, 0.717) is 0 Å². The predicted molar refractivity (Wildman–Crippen MR) is 145 cm³/mol. The molecule has 162 valence electrons. The van der Waals surface area contributed by atoms with Crippen molar-refractivity contribution in [3.63, 3.8) is 0 Å². The highest BCUT2D eigenvalue weighted by molar-refractivity contribution is 7.80. The van der Waals surface area contributed by atoms with Crippen molar-refractivity contribution in [3.05, 3.63) is 119 Å². The molecule has 33 heavy (non-hydrogen) atoms. The second-order valence-electron chi connectivity index (χ2n) is 8.88. The number of hydrogen-bond acceptors (Lipinski definition) is 1. The van der Waals surface area contributed by atoms with Crippen LogP contribution in [0.25, 0.3) is 22.0 Å². The topological polar surface area (TPSA) is 12.9 Å². The van der Waals surface area contributed by atoms with Gasteiger partial charge in [0.25, 0.3) is 0 Å². The molecule has 0 aliphatic heterocycles. The normalized spacial score (nSPS) is 11.3. The zero-order valence-corrected chi connectivity index (χ0v) is 20.5. The molecule has 0 aliphatic carbocycles. The molecule has 0 fully saturated rings. The quantitative estimate of drug-likeness (QED) is 0.274. The van der Waals surface area contributed by atoms with Crippen molar-refractivity contribution in [1.82, 2.24) is 4.98 Å². The summed E-state index contributed by atoms with van der Waals surface area (Å²) in [5.74, 6) is 0. The molecule has 0 unspecified atom stereocenters. The van der Waals surface area contributed by atoms with E-state index in [9.17, 15) is 0 Å². The Morgan fingerprint density at radius 3 is 1.88 bits per heavy atom. The summed E-state index contributed by atoms with van der Waals surface area (Å²) in [4.78, 5) is 4.79. The molecule has 2 heteroatoms. The van der Waals surface area contributed by atoms with Gasteiger partial charge in [-0.25, -0.2) is 0 Å². The number of hydrogen-bond donors (Lipinski definition) is 0. The van der Waals surface area contributed by atoms with Crippen LogP contribution in [0.1, 0.15) is 22.3 Å². The summed E-state index contributed by atoms with van der Waals surface area (Å²) in [6.07, 6.45) is 1.98. The fraction of sp³-hybridized carbons (Fsp3) is 0.129. The van der Waals surface area contributed by atoms with Crippen LogP contribution in [-0.4, -0.2) is 4.98 Å². The lowest BCUT2D eigenvalue weighted by molar-refractivity contribution is 1.36. The van der Waals surface area contributed by atoms with Crippen LogP contribution in [0.4, 0.5) is 0 Å². The molecule has 5 rings (SSSR count). The summed E-state index contributed by atoms with van der Waals surface area (Å²) >= 11 is 0. The summed E-state index contributed by atoms with van der Waals surface area (Å²) in [7, 11) is -0.689. The second kappa shape index (κ2) is 8.93. The molecule has 0 N–H and O–H groups in total. The van der Waals surface area contributed by atoms with E-state index in [2.05, 4.69) is 119 Å². The van der Waals surface area contributed by atoms with Crippen LogP contribution < -0.4 is 15.9 Å². The van der Waals surface area contributed by atoms with E-state index in [4.69, 9.17) is 4.98 Å². The maximum Gasteiger partial charge on any atom is 0.0708 e. The largest absolute Gasteiger partial charge is 0.256 e. The highest BCUT2D eigenvalue weighted by atomic mass is 31.1. The molecule has 0 bridgehead atoms. The smallest absolute Gasteiger partial charge is 0.0708 e. The molecule has 1 aromatic heterocycles. The van der Waals surface area contributed by atoms with Crippen molar-refractivity contribution in [3.8, 4) is 11.3 Å². The molecule has 5 aromatic rings. The van der Waals surface area contributed by atoms with E-state index < -0.39 is 7.92 Å². The van der Waals surface area contributed by atoms with E-state index in [1.165, 1.54) is 54.5 Å². The van der Waals surface area contributed by atoms with Gasteiger partial charge >= 0.3 is 0 Å². The van der Waals surface area contributed by atoms with Crippen LogP contribution >= 0.6 is 7.92 Å². The molecule has 0 spiro atoms. The number of aryl methyl sites for hydroxylation is 4. The number of aromatic nitrogens is 1. The molecule has 0 amide bonds. The van der Waals surface area contributed by atoms with Crippen molar-refractivity contribution in [2.45, 2.75) is 27.7 Å². The van der Waals surface area contributed by atoms with Gasteiger partial charge in [-0.2, -0.15) is 0 Å². The van der Waals surface area contributed by atoms with Crippen LogP contribution in [-0.2, 0) is 0 Å². The summed E-state index contributed by atoms with van der Waals surface area (Å²) < 4.78 is 0. The first kappa shape index (κ1) is 21.6. The third-order valence-electron chi connectivity index (χ3n) is 6.24. The van der Waals surface area contributed by atoms with Gasteiger partial charge in [0.05, 0.1) is 5.69 Å². The lowest BCUT2D eigenvalue weighted by Crippen LogP contribution is -2.24. The Balaban J connectivity index is 1.70. The highest BCUT2D eigenvalue weighted by Gasteiger charge is 2.21. The molecule has 0 aliphatic rings. The van der Waals surface area contributed by atoms with Gasteiger partial charge in [-0.15, -0.1) is 0 Å². The zero-order valence-electron chi connectivity index (χ0n) is 19.6. The van der Waals surface area contributed by atoms with Gasteiger partial charge in [-0.3, -0.25) is 4.98 Å². The van der Waals surface area contributed by atoms with Gasteiger partial charge in [0.15, 0.2) is 0 Å². The maximum atomic E-state index is 4.79. The van der Waals surface area contributed by atoms with E-state index in [1.807, 2.05) is 6.20 Å². The first-order chi connectivity index (χ1) is 16.0. The number of nitrogens with zero attached hydrogens (tertiary/aromatic N) is 1. The van der Waals surface area contributed by atoms with Crippen molar-refractivity contribution < 1.29 is 0 Å². The minimum Gasteiger partial charge on any atom is -0.256 e. The first-order valence-corrected chi connectivity index (χ1v) is 12.7. The Hall–Kier alpha value is -3.28. The van der Waals surface area contributed by atoms with Crippen molar-refractivity contribution >= 4 is 34.6 Å². The molecular formula is C31H28NP. The highest BCUT2D eigenvalue weighted by Crippen LogP contribution is 2.37. The van der Waals surface area contributed by atoms with E-state index in [1.54, 1.807) is 0 Å². The van der Waals surface area contributed by atoms with Crippen LogP contribution in [0, 0.1) is 27.7 Å². The minimum absolute atomic E-state index is 0.689. The minimum atomic E-state index is -0.689. The average Bonchev–Trinajstić information content (AvgIpc) is 2.83. The zero-order chi connectivity index (χ0) is 22.9. The average molecular weight is 446 g/mol. The van der Waals surface area contributed by atoms with E-state index in [-0.39, 0.29) is 0 Å². The fourth-order valence-corrected chi connectivity index (χ4v) is 7.21. The Morgan fingerprint density at radius 2 is 1.21 bits per heavy atom. The molecule has 1 nitrogen and oxygen atoms in total. The monoisotopic (exact) mass is 445 g/mol. The van der Waals surface area contributed by atoms with Gasteiger partial charge in [0, 0.05) is 17.1 Å². The van der Waals surface area contributed by atoms with Gasteiger partial charge in [0.2, 0.25) is 0 Å². The van der Waals surface area contributed by atoms with E-state index >= 15 is 0 Å². The van der Waals surface area contributed by atoms with Gasteiger partial charge in [-0.1, -0.05) is 90.0 Å². The summed E-state index contributed by atoms with van der Waals surface area (Å²) in [6, 6.07) is 33.3. The molecular weight excluding hydrogens is 417 g/mol. The molecule has 0 atom stereocenters. The molecule has 0 radical (unpaired) electrons. The van der Waals surface area contributed by atoms with Gasteiger partial charge in [0.1, 0.15) is 0 Å².